The van der Waals surface area contributed by atoms with E-state index in [0.717, 1.165) is 45.3 Å². The molecule has 1 spiro atoms. The number of likely N-dealkylation sites (tertiary alicyclic amines) is 1. The Morgan fingerprint density at radius 3 is 1.86 bits per heavy atom. The smallest absolute Gasteiger partial charge is 0.310 e. The zero-order valence-electron chi connectivity index (χ0n) is 13.4. The van der Waals surface area contributed by atoms with Crippen LogP contribution in [-0.4, -0.2) is 35.6 Å². The molecule has 1 heterocycles. The van der Waals surface area contributed by atoms with Crippen LogP contribution in [0.15, 0.2) is 0 Å². The third-order valence-electron chi connectivity index (χ3n) is 6.62. The number of carboxylic acid groups (broad SMARTS) is 1. The first-order valence-electron chi connectivity index (χ1n) is 9.10. The lowest BCUT2D eigenvalue weighted by atomic mass is 9.75. The summed E-state index contributed by atoms with van der Waals surface area (Å²) >= 11 is 0. The minimum atomic E-state index is -0.537. The number of carbonyl (C=O) groups is 1. The summed E-state index contributed by atoms with van der Waals surface area (Å²) in [5, 5.41) is 9.82. The summed E-state index contributed by atoms with van der Waals surface area (Å²) in [7, 11) is 0. The summed E-state index contributed by atoms with van der Waals surface area (Å²) in [6.07, 6.45) is 14.7. The van der Waals surface area contributed by atoms with Gasteiger partial charge in [-0.3, -0.25) is 4.79 Å². The van der Waals surface area contributed by atoms with Crippen molar-refractivity contribution in [2.24, 2.45) is 10.8 Å². The van der Waals surface area contributed by atoms with Gasteiger partial charge in [-0.15, -0.1) is 0 Å². The van der Waals surface area contributed by atoms with E-state index in [4.69, 9.17) is 0 Å². The first-order chi connectivity index (χ1) is 10.1. The van der Waals surface area contributed by atoms with Crippen molar-refractivity contribution in [3.8, 4) is 0 Å². The van der Waals surface area contributed by atoms with E-state index in [1.165, 1.54) is 51.4 Å². The standard InChI is InChI=1S/C18H31NO2/c20-16(21)18(9-3-1-2-4-10-18)15-19-13-11-17(12-14-19)7-5-6-8-17/h1-15H2,(H,20,21). The Hall–Kier alpha value is -0.570. The SMILES string of the molecule is O=C(O)C1(CN2CCC3(CCCC3)CC2)CCCCCC1. The van der Waals surface area contributed by atoms with Crippen LogP contribution >= 0.6 is 0 Å². The first-order valence-corrected chi connectivity index (χ1v) is 9.10. The summed E-state index contributed by atoms with van der Waals surface area (Å²) in [4.78, 5) is 14.4. The lowest BCUT2D eigenvalue weighted by Gasteiger charge is -2.42. The van der Waals surface area contributed by atoms with Gasteiger partial charge in [0.15, 0.2) is 0 Å². The van der Waals surface area contributed by atoms with Crippen molar-refractivity contribution in [2.45, 2.75) is 77.0 Å². The predicted molar refractivity (Wildman–Crippen MR) is 84.3 cm³/mol. The van der Waals surface area contributed by atoms with Gasteiger partial charge in [0.05, 0.1) is 5.41 Å². The Balaban J connectivity index is 1.60. The number of aliphatic carboxylic acids is 1. The van der Waals surface area contributed by atoms with Gasteiger partial charge < -0.3 is 10.0 Å². The lowest BCUT2D eigenvalue weighted by molar-refractivity contribution is -0.151. The molecule has 3 fully saturated rings. The predicted octanol–water partition coefficient (Wildman–Crippen LogP) is 4.07. The largest absolute Gasteiger partial charge is 0.481 e. The van der Waals surface area contributed by atoms with Crippen molar-refractivity contribution >= 4 is 5.97 Å². The number of rotatable bonds is 3. The highest BCUT2D eigenvalue weighted by molar-refractivity contribution is 5.75. The Bertz CT molecular complexity index is 355. The second-order valence-electron chi connectivity index (χ2n) is 7.98. The normalized spacial score (nSPS) is 29.3. The van der Waals surface area contributed by atoms with E-state index in [1.807, 2.05) is 0 Å². The third kappa shape index (κ3) is 3.28. The van der Waals surface area contributed by atoms with E-state index < -0.39 is 11.4 Å². The molecule has 120 valence electrons. The molecule has 21 heavy (non-hydrogen) atoms. The molecular formula is C18H31NO2. The second-order valence-corrected chi connectivity index (χ2v) is 7.98. The fourth-order valence-corrected chi connectivity index (χ4v) is 5.08. The molecule has 0 radical (unpaired) electrons. The van der Waals surface area contributed by atoms with Crippen molar-refractivity contribution in [1.29, 1.82) is 0 Å². The molecule has 1 aliphatic heterocycles. The monoisotopic (exact) mass is 293 g/mol. The molecular weight excluding hydrogens is 262 g/mol. The number of nitrogens with zero attached hydrogens (tertiary/aromatic N) is 1. The maximum Gasteiger partial charge on any atom is 0.310 e. The molecule has 3 aliphatic rings. The number of hydrogen-bond acceptors (Lipinski definition) is 2. The fourth-order valence-electron chi connectivity index (χ4n) is 5.08. The van der Waals surface area contributed by atoms with Crippen LogP contribution in [0.5, 0.6) is 0 Å². The molecule has 0 aromatic heterocycles. The Labute approximate surface area is 129 Å². The summed E-state index contributed by atoms with van der Waals surface area (Å²) in [6, 6.07) is 0. The van der Waals surface area contributed by atoms with Gasteiger partial charge in [0.2, 0.25) is 0 Å². The first kappa shape index (κ1) is 15.3. The molecule has 3 nitrogen and oxygen atoms in total. The average molecular weight is 293 g/mol. The van der Waals surface area contributed by atoms with E-state index in [9.17, 15) is 9.90 Å². The second kappa shape index (κ2) is 6.28. The van der Waals surface area contributed by atoms with Crippen LogP contribution in [0.4, 0.5) is 0 Å². The maximum atomic E-state index is 11.9. The summed E-state index contributed by atoms with van der Waals surface area (Å²) in [5.41, 5.74) is 0.188. The van der Waals surface area contributed by atoms with Crippen LogP contribution in [0.3, 0.4) is 0 Å². The third-order valence-corrected chi connectivity index (χ3v) is 6.62. The fraction of sp³-hybridized carbons (Fsp3) is 0.944. The maximum absolute atomic E-state index is 11.9. The highest BCUT2D eigenvalue weighted by atomic mass is 16.4. The zero-order chi connectivity index (χ0) is 14.8. The van der Waals surface area contributed by atoms with Crippen LogP contribution in [-0.2, 0) is 4.79 Å². The number of hydrogen-bond donors (Lipinski definition) is 1. The molecule has 1 N–H and O–H groups in total. The van der Waals surface area contributed by atoms with Gasteiger partial charge in [-0.25, -0.2) is 0 Å². The van der Waals surface area contributed by atoms with Crippen molar-refractivity contribution < 1.29 is 9.90 Å². The van der Waals surface area contributed by atoms with Crippen LogP contribution in [0.2, 0.25) is 0 Å². The molecule has 0 aromatic rings. The van der Waals surface area contributed by atoms with E-state index in [-0.39, 0.29) is 0 Å². The summed E-state index contributed by atoms with van der Waals surface area (Å²) in [6.45, 7) is 3.07. The number of piperidine rings is 1. The molecule has 0 aromatic carbocycles. The van der Waals surface area contributed by atoms with Gasteiger partial charge >= 0.3 is 5.97 Å². The molecule has 0 atom stereocenters. The quantitative estimate of drug-likeness (QED) is 0.797. The Kier molecular flexibility index (Phi) is 4.58. The zero-order valence-corrected chi connectivity index (χ0v) is 13.4. The average Bonchev–Trinajstić information content (AvgIpc) is 2.79. The van der Waals surface area contributed by atoms with Gasteiger partial charge in [0.1, 0.15) is 0 Å². The van der Waals surface area contributed by atoms with Gasteiger partial charge in [-0.1, -0.05) is 38.5 Å². The van der Waals surface area contributed by atoms with Crippen LogP contribution in [0, 0.1) is 10.8 Å². The highest BCUT2D eigenvalue weighted by Crippen LogP contribution is 2.47. The van der Waals surface area contributed by atoms with Crippen molar-refractivity contribution in [1.82, 2.24) is 4.90 Å². The van der Waals surface area contributed by atoms with Crippen molar-refractivity contribution in [3.05, 3.63) is 0 Å². The molecule has 0 amide bonds. The molecule has 2 aliphatic carbocycles. The van der Waals surface area contributed by atoms with Gasteiger partial charge in [-0.2, -0.15) is 0 Å². The van der Waals surface area contributed by atoms with E-state index in [2.05, 4.69) is 4.90 Å². The van der Waals surface area contributed by atoms with Crippen molar-refractivity contribution in [2.75, 3.05) is 19.6 Å². The van der Waals surface area contributed by atoms with E-state index >= 15 is 0 Å². The highest BCUT2D eigenvalue weighted by Gasteiger charge is 2.43. The minimum absolute atomic E-state index is 0.448. The summed E-state index contributed by atoms with van der Waals surface area (Å²) < 4.78 is 0. The molecule has 3 heteroatoms. The minimum Gasteiger partial charge on any atom is -0.481 e. The molecule has 1 saturated heterocycles. The number of carboxylic acids is 1. The van der Waals surface area contributed by atoms with Gasteiger partial charge in [0, 0.05) is 6.54 Å². The molecule has 3 rings (SSSR count). The molecule has 0 unspecified atom stereocenters. The summed E-state index contributed by atoms with van der Waals surface area (Å²) in [5.74, 6) is -0.537. The molecule has 0 bridgehead atoms. The lowest BCUT2D eigenvalue weighted by Crippen LogP contribution is -2.47. The van der Waals surface area contributed by atoms with Gasteiger partial charge in [-0.05, 0) is 57.0 Å². The van der Waals surface area contributed by atoms with Crippen LogP contribution in [0.25, 0.3) is 0 Å². The molecule has 2 saturated carbocycles. The van der Waals surface area contributed by atoms with Crippen LogP contribution in [0.1, 0.15) is 77.0 Å². The van der Waals surface area contributed by atoms with Crippen molar-refractivity contribution in [3.63, 3.8) is 0 Å². The van der Waals surface area contributed by atoms with Gasteiger partial charge in [0.25, 0.3) is 0 Å². The van der Waals surface area contributed by atoms with E-state index in [0.29, 0.717) is 5.41 Å². The Morgan fingerprint density at radius 2 is 1.33 bits per heavy atom. The van der Waals surface area contributed by atoms with Crippen LogP contribution < -0.4 is 0 Å². The van der Waals surface area contributed by atoms with E-state index in [1.54, 1.807) is 0 Å². The Morgan fingerprint density at radius 1 is 0.810 bits per heavy atom. The topological polar surface area (TPSA) is 40.5 Å².